The lowest BCUT2D eigenvalue weighted by Gasteiger charge is -2.16. The summed E-state index contributed by atoms with van der Waals surface area (Å²) in [4.78, 5) is 22.5. The van der Waals surface area contributed by atoms with Gasteiger partial charge in [0.25, 0.3) is 5.89 Å². The van der Waals surface area contributed by atoms with Crippen molar-refractivity contribution in [2.24, 2.45) is 5.92 Å². The highest BCUT2D eigenvalue weighted by atomic mass is 16.5. The Bertz CT molecular complexity index is 639. The highest BCUT2D eigenvalue weighted by Crippen LogP contribution is 2.27. The van der Waals surface area contributed by atoms with Crippen molar-refractivity contribution >= 4 is 5.91 Å². The number of hydrogen-bond acceptors (Lipinski definition) is 5. The zero-order valence-electron chi connectivity index (χ0n) is 12.9. The van der Waals surface area contributed by atoms with E-state index >= 15 is 0 Å². The van der Waals surface area contributed by atoms with Crippen LogP contribution in [-0.2, 0) is 4.79 Å². The summed E-state index contributed by atoms with van der Waals surface area (Å²) in [5, 5.41) is 4.08. The Kier molecular flexibility index (Phi) is 4.18. The van der Waals surface area contributed by atoms with Crippen molar-refractivity contribution in [2.45, 2.75) is 32.6 Å². The van der Waals surface area contributed by atoms with Crippen LogP contribution >= 0.6 is 0 Å². The number of aromatic nitrogens is 3. The standard InChI is InChI=1S/C16H20N4O2/c1-11(2)9-14(21)20-8-5-13(10-20)15-18-16(22-19-15)12-3-6-17-7-4-12/h3-4,6-7,11,13H,5,8-10H2,1-2H3. The maximum Gasteiger partial charge on any atom is 0.258 e. The number of likely N-dealkylation sites (tertiary alicyclic amines) is 1. The maximum atomic E-state index is 12.1. The van der Waals surface area contributed by atoms with Gasteiger partial charge in [-0.05, 0) is 24.5 Å². The van der Waals surface area contributed by atoms with Crippen molar-refractivity contribution in [3.63, 3.8) is 0 Å². The summed E-state index contributed by atoms with van der Waals surface area (Å²) < 4.78 is 5.33. The fourth-order valence-electron chi connectivity index (χ4n) is 2.69. The van der Waals surface area contributed by atoms with Gasteiger partial charge in [-0.3, -0.25) is 9.78 Å². The largest absolute Gasteiger partial charge is 0.342 e. The van der Waals surface area contributed by atoms with E-state index in [0.717, 1.165) is 18.5 Å². The normalized spacial score (nSPS) is 18.1. The number of carbonyl (C=O) groups is 1. The molecule has 1 saturated heterocycles. The molecule has 0 radical (unpaired) electrons. The molecular weight excluding hydrogens is 280 g/mol. The van der Waals surface area contributed by atoms with E-state index in [1.807, 2.05) is 17.0 Å². The van der Waals surface area contributed by atoms with E-state index in [9.17, 15) is 4.79 Å². The van der Waals surface area contributed by atoms with Gasteiger partial charge in [0.1, 0.15) is 0 Å². The average Bonchev–Trinajstić information content (AvgIpc) is 3.17. The van der Waals surface area contributed by atoms with E-state index in [4.69, 9.17) is 4.52 Å². The molecule has 0 aliphatic carbocycles. The molecule has 0 spiro atoms. The molecule has 0 N–H and O–H groups in total. The molecule has 116 valence electrons. The minimum atomic E-state index is 0.162. The molecule has 1 fully saturated rings. The highest BCUT2D eigenvalue weighted by Gasteiger charge is 2.30. The van der Waals surface area contributed by atoms with Crippen molar-refractivity contribution in [1.29, 1.82) is 0 Å². The van der Waals surface area contributed by atoms with Crippen molar-refractivity contribution in [2.75, 3.05) is 13.1 Å². The second-order valence-corrected chi connectivity index (χ2v) is 6.12. The Hall–Kier alpha value is -2.24. The molecule has 22 heavy (non-hydrogen) atoms. The molecule has 3 heterocycles. The number of nitrogens with zero attached hydrogens (tertiary/aromatic N) is 4. The minimum Gasteiger partial charge on any atom is -0.342 e. The Balaban J connectivity index is 1.67. The summed E-state index contributed by atoms with van der Waals surface area (Å²) in [5.41, 5.74) is 0.861. The van der Waals surface area contributed by atoms with Crippen LogP contribution in [0.2, 0.25) is 0 Å². The second kappa shape index (κ2) is 6.25. The third-order valence-electron chi connectivity index (χ3n) is 3.86. The van der Waals surface area contributed by atoms with Gasteiger partial charge < -0.3 is 9.42 Å². The first-order valence-electron chi connectivity index (χ1n) is 7.65. The molecule has 1 aliphatic heterocycles. The third kappa shape index (κ3) is 3.16. The van der Waals surface area contributed by atoms with E-state index in [-0.39, 0.29) is 11.8 Å². The molecule has 2 aromatic heterocycles. The van der Waals surface area contributed by atoms with Crippen LogP contribution in [0.3, 0.4) is 0 Å². The van der Waals surface area contributed by atoms with Gasteiger partial charge in [0.15, 0.2) is 5.82 Å². The van der Waals surface area contributed by atoms with Gasteiger partial charge in [0.05, 0.1) is 0 Å². The summed E-state index contributed by atoms with van der Waals surface area (Å²) in [6, 6.07) is 3.68. The van der Waals surface area contributed by atoms with E-state index < -0.39 is 0 Å². The molecule has 0 aromatic carbocycles. The fraction of sp³-hybridized carbons (Fsp3) is 0.500. The van der Waals surface area contributed by atoms with Crippen LogP contribution in [0.25, 0.3) is 11.5 Å². The molecule has 1 atom stereocenters. The molecular formula is C16H20N4O2. The first kappa shape index (κ1) is 14.7. The predicted molar refractivity (Wildman–Crippen MR) is 80.9 cm³/mol. The summed E-state index contributed by atoms with van der Waals surface area (Å²) in [6.07, 6.45) is 4.88. The first-order chi connectivity index (χ1) is 10.6. The first-order valence-corrected chi connectivity index (χ1v) is 7.65. The lowest BCUT2D eigenvalue weighted by Crippen LogP contribution is -2.29. The summed E-state index contributed by atoms with van der Waals surface area (Å²) >= 11 is 0. The molecule has 1 aliphatic rings. The zero-order valence-corrected chi connectivity index (χ0v) is 12.9. The van der Waals surface area contributed by atoms with E-state index in [2.05, 4.69) is 29.0 Å². The maximum absolute atomic E-state index is 12.1. The molecule has 0 bridgehead atoms. The van der Waals surface area contributed by atoms with Crippen molar-refractivity contribution in [1.82, 2.24) is 20.0 Å². The highest BCUT2D eigenvalue weighted by molar-refractivity contribution is 5.76. The minimum absolute atomic E-state index is 0.162. The predicted octanol–water partition coefficient (Wildman–Crippen LogP) is 2.49. The summed E-state index contributed by atoms with van der Waals surface area (Å²) in [7, 11) is 0. The lowest BCUT2D eigenvalue weighted by atomic mass is 10.1. The molecule has 6 nitrogen and oxygen atoms in total. The van der Waals surface area contributed by atoms with Crippen LogP contribution < -0.4 is 0 Å². The van der Waals surface area contributed by atoms with Gasteiger partial charge in [0.2, 0.25) is 5.91 Å². The van der Waals surface area contributed by atoms with Crippen LogP contribution in [-0.4, -0.2) is 39.0 Å². The van der Waals surface area contributed by atoms with Crippen LogP contribution in [0.4, 0.5) is 0 Å². The van der Waals surface area contributed by atoms with E-state index in [1.165, 1.54) is 0 Å². The Labute approximate surface area is 129 Å². The number of carbonyl (C=O) groups excluding carboxylic acids is 1. The fourth-order valence-corrected chi connectivity index (χ4v) is 2.69. The Morgan fingerprint density at radius 1 is 1.41 bits per heavy atom. The van der Waals surface area contributed by atoms with E-state index in [1.54, 1.807) is 12.4 Å². The van der Waals surface area contributed by atoms with Gasteiger partial charge in [0, 0.05) is 43.4 Å². The van der Waals surface area contributed by atoms with Crippen LogP contribution in [0.5, 0.6) is 0 Å². The lowest BCUT2D eigenvalue weighted by molar-refractivity contribution is -0.130. The van der Waals surface area contributed by atoms with Crippen LogP contribution in [0, 0.1) is 5.92 Å². The van der Waals surface area contributed by atoms with Gasteiger partial charge in [-0.25, -0.2) is 0 Å². The van der Waals surface area contributed by atoms with Crippen molar-refractivity contribution < 1.29 is 9.32 Å². The van der Waals surface area contributed by atoms with Crippen molar-refractivity contribution in [3.8, 4) is 11.5 Å². The average molecular weight is 300 g/mol. The SMILES string of the molecule is CC(C)CC(=O)N1CCC(c2noc(-c3ccncc3)n2)C1. The molecule has 0 saturated carbocycles. The quantitative estimate of drug-likeness (QED) is 0.867. The monoisotopic (exact) mass is 300 g/mol. The summed E-state index contributed by atoms with van der Waals surface area (Å²) in [6.45, 7) is 5.58. The molecule has 1 unspecified atom stereocenters. The van der Waals surface area contributed by atoms with Crippen LogP contribution in [0.15, 0.2) is 29.0 Å². The smallest absolute Gasteiger partial charge is 0.258 e. The van der Waals surface area contributed by atoms with E-state index in [0.29, 0.717) is 30.6 Å². The molecule has 6 heteroatoms. The van der Waals surface area contributed by atoms with Gasteiger partial charge in [-0.2, -0.15) is 4.98 Å². The number of amides is 1. The Morgan fingerprint density at radius 3 is 2.91 bits per heavy atom. The molecule has 1 amide bonds. The second-order valence-electron chi connectivity index (χ2n) is 6.12. The molecule has 3 rings (SSSR count). The number of hydrogen-bond donors (Lipinski definition) is 0. The number of rotatable bonds is 4. The van der Waals surface area contributed by atoms with Gasteiger partial charge in [-0.15, -0.1) is 0 Å². The Morgan fingerprint density at radius 2 is 2.18 bits per heavy atom. The zero-order chi connectivity index (χ0) is 15.5. The summed E-state index contributed by atoms with van der Waals surface area (Å²) in [5.74, 6) is 1.96. The molecule has 2 aromatic rings. The van der Waals surface area contributed by atoms with Gasteiger partial charge in [-0.1, -0.05) is 19.0 Å². The topological polar surface area (TPSA) is 72.1 Å². The van der Waals surface area contributed by atoms with Gasteiger partial charge >= 0.3 is 0 Å². The third-order valence-corrected chi connectivity index (χ3v) is 3.86. The van der Waals surface area contributed by atoms with Crippen molar-refractivity contribution in [3.05, 3.63) is 30.4 Å². The number of pyridine rings is 1. The van der Waals surface area contributed by atoms with Crippen LogP contribution in [0.1, 0.15) is 38.4 Å².